The molecule has 1 aliphatic heterocycles. The van der Waals surface area contributed by atoms with Crippen LogP contribution in [0.2, 0.25) is 0 Å². The maximum Gasteiger partial charge on any atom is 0.317 e. The van der Waals surface area contributed by atoms with Crippen LogP contribution < -0.4 is 5.32 Å². The second-order valence-corrected chi connectivity index (χ2v) is 5.79. The van der Waals surface area contributed by atoms with E-state index >= 15 is 0 Å². The molecule has 5 nitrogen and oxygen atoms in total. The van der Waals surface area contributed by atoms with Crippen molar-refractivity contribution >= 4 is 6.03 Å². The molecule has 0 radical (unpaired) electrons. The highest BCUT2D eigenvalue weighted by atomic mass is 16.3. The number of amides is 2. The summed E-state index contributed by atoms with van der Waals surface area (Å²) in [6.45, 7) is 5.95. The van der Waals surface area contributed by atoms with Crippen LogP contribution in [-0.4, -0.2) is 59.8 Å². The molecule has 2 N–H and O–H groups in total. The number of likely N-dealkylation sites (tertiary alicyclic amines) is 1. The third kappa shape index (κ3) is 5.00. The molecule has 0 saturated carbocycles. The van der Waals surface area contributed by atoms with Crippen LogP contribution in [0.5, 0.6) is 0 Å². The molecular weight excluding hydrogens is 278 g/mol. The zero-order valence-corrected chi connectivity index (χ0v) is 13.4. The molecule has 1 aliphatic rings. The number of aliphatic hydroxyl groups is 1. The molecule has 5 heteroatoms. The van der Waals surface area contributed by atoms with Gasteiger partial charge in [0.25, 0.3) is 0 Å². The van der Waals surface area contributed by atoms with Gasteiger partial charge < -0.3 is 15.3 Å². The van der Waals surface area contributed by atoms with Crippen molar-refractivity contribution in [3.05, 3.63) is 35.9 Å². The van der Waals surface area contributed by atoms with Crippen LogP contribution in [-0.2, 0) is 6.54 Å². The summed E-state index contributed by atoms with van der Waals surface area (Å²) in [7, 11) is 0. The lowest BCUT2D eigenvalue weighted by molar-refractivity contribution is 0.160. The normalized spacial score (nSPS) is 16.5. The molecule has 2 amide bonds. The van der Waals surface area contributed by atoms with Gasteiger partial charge in [-0.2, -0.15) is 0 Å². The summed E-state index contributed by atoms with van der Waals surface area (Å²) in [4.78, 5) is 16.2. The molecule has 0 atom stereocenters. The summed E-state index contributed by atoms with van der Waals surface area (Å²) >= 11 is 0. The second-order valence-electron chi connectivity index (χ2n) is 5.79. The van der Waals surface area contributed by atoms with Crippen molar-refractivity contribution in [2.45, 2.75) is 32.4 Å². The van der Waals surface area contributed by atoms with Crippen molar-refractivity contribution in [2.75, 3.05) is 32.8 Å². The number of hydrogen-bond acceptors (Lipinski definition) is 3. The van der Waals surface area contributed by atoms with Crippen molar-refractivity contribution in [1.82, 2.24) is 15.1 Å². The van der Waals surface area contributed by atoms with E-state index in [2.05, 4.69) is 34.5 Å². The highest BCUT2D eigenvalue weighted by molar-refractivity contribution is 5.74. The molecule has 0 spiro atoms. The molecule has 2 rings (SSSR count). The number of urea groups is 1. The molecule has 22 heavy (non-hydrogen) atoms. The first kappa shape index (κ1) is 16.8. The van der Waals surface area contributed by atoms with Gasteiger partial charge in [0.15, 0.2) is 0 Å². The predicted octanol–water partition coefficient (Wildman–Crippen LogP) is 1.67. The zero-order valence-electron chi connectivity index (χ0n) is 13.4. The number of piperidine rings is 1. The van der Waals surface area contributed by atoms with Crippen molar-refractivity contribution in [3.8, 4) is 0 Å². The minimum absolute atomic E-state index is 0.0107. The van der Waals surface area contributed by atoms with Crippen LogP contribution in [0.3, 0.4) is 0 Å². The van der Waals surface area contributed by atoms with Crippen LogP contribution in [0.25, 0.3) is 0 Å². The smallest absolute Gasteiger partial charge is 0.317 e. The Hall–Kier alpha value is -1.59. The van der Waals surface area contributed by atoms with Crippen LogP contribution in [0.1, 0.15) is 25.3 Å². The van der Waals surface area contributed by atoms with Gasteiger partial charge >= 0.3 is 6.03 Å². The summed E-state index contributed by atoms with van der Waals surface area (Å²) in [6.07, 6.45) is 1.96. The summed E-state index contributed by atoms with van der Waals surface area (Å²) in [5, 5.41) is 12.1. The number of hydrogen-bond donors (Lipinski definition) is 2. The van der Waals surface area contributed by atoms with Gasteiger partial charge in [-0.15, -0.1) is 0 Å². The predicted molar refractivity (Wildman–Crippen MR) is 87.6 cm³/mol. The lowest BCUT2D eigenvalue weighted by atomic mass is 10.0. The van der Waals surface area contributed by atoms with E-state index in [-0.39, 0.29) is 18.7 Å². The number of nitrogens with zero attached hydrogens (tertiary/aromatic N) is 2. The largest absolute Gasteiger partial charge is 0.395 e. The van der Waals surface area contributed by atoms with Crippen molar-refractivity contribution in [2.24, 2.45) is 0 Å². The average molecular weight is 305 g/mol. The Bertz CT molecular complexity index is 444. The lowest BCUT2D eigenvalue weighted by Gasteiger charge is -2.33. The number of nitrogens with one attached hydrogen (secondary N) is 1. The molecule has 1 heterocycles. The zero-order chi connectivity index (χ0) is 15.8. The molecule has 1 fully saturated rings. The van der Waals surface area contributed by atoms with E-state index in [9.17, 15) is 4.79 Å². The quantitative estimate of drug-likeness (QED) is 0.841. The Morgan fingerprint density at radius 2 is 2.00 bits per heavy atom. The molecular formula is C17H27N3O2. The van der Waals surface area contributed by atoms with Crippen LogP contribution in [0.4, 0.5) is 4.79 Å². The maximum atomic E-state index is 12.1. The van der Waals surface area contributed by atoms with E-state index in [4.69, 9.17) is 5.11 Å². The summed E-state index contributed by atoms with van der Waals surface area (Å²) in [6, 6.07) is 10.7. The van der Waals surface area contributed by atoms with Crippen LogP contribution in [0, 0.1) is 0 Å². The molecule has 1 aromatic carbocycles. The molecule has 1 aromatic rings. The molecule has 0 aromatic heterocycles. The second kappa shape index (κ2) is 8.76. The minimum Gasteiger partial charge on any atom is -0.395 e. The summed E-state index contributed by atoms with van der Waals surface area (Å²) in [5.41, 5.74) is 1.34. The Kier molecular flexibility index (Phi) is 6.68. The van der Waals surface area contributed by atoms with Gasteiger partial charge in [0.2, 0.25) is 0 Å². The lowest BCUT2D eigenvalue weighted by Crippen LogP contribution is -2.49. The van der Waals surface area contributed by atoms with Crippen molar-refractivity contribution < 1.29 is 9.90 Å². The van der Waals surface area contributed by atoms with E-state index in [0.717, 1.165) is 32.5 Å². The van der Waals surface area contributed by atoms with Crippen LogP contribution in [0.15, 0.2) is 30.3 Å². The van der Waals surface area contributed by atoms with Crippen molar-refractivity contribution in [3.63, 3.8) is 0 Å². The molecule has 0 unspecified atom stereocenters. The molecule has 122 valence electrons. The van der Waals surface area contributed by atoms with Gasteiger partial charge in [-0.3, -0.25) is 4.90 Å². The van der Waals surface area contributed by atoms with Crippen LogP contribution >= 0.6 is 0 Å². The Morgan fingerprint density at radius 3 is 2.59 bits per heavy atom. The topological polar surface area (TPSA) is 55.8 Å². The van der Waals surface area contributed by atoms with Crippen molar-refractivity contribution in [1.29, 1.82) is 0 Å². The van der Waals surface area contributed by atoms with Gasteiger partial charge in [-0.25, -0.2) is 4.79 Å². The van der Waals surface area contributed by atoms with E-state index in [0.29, 0.717) is 13.1 Å². The Balaban J connectivity index is 1.74. The average Bonchev–Trinajstić information content (AvgIpc) is 2.55. The Morgan fingerprint density at radius 1 is 1.32 bits per heavy atom. The first-order chi connectivity index (χ1) is 10.7. The number of benzene rings is 1. The first-order valence-corrected chi connectivity index (χ1v) is 8.15. The van der Waals surface area contributed by atoms with Gasteiger partial charge in [-0.05, 0) is 25.3 Å². The molecule has 0 aliphatic carbocycles. The van der Waals surface area contributed by atoms with Gasteiger partial charge in [0.05, 0.1) is 6.61 Å². The van der Waals surface area contributed by atoms with Gasteiger partial charge in [0, 0.05) is 38.8 Å². The third-order valence-corrected chi connectivity index (χ3v) is 4.20. The fourth-order valence-corrected chi connectivity index (χ4v) is 2.87. The maximum absolute atomic E-state index is 12.1. The number of aliphatic hydroxyl groups excluding tert-OH is 1. The summed E-state index contributed by atoms with van der Waals surface area (Å²) < 4.78 is 0. The molecule has 1 saturated heterocycles. The number of carbonyl (C=O) groups is 1. The van der Waals surface area contributed by atoms with E-state index in [1.54, 1.807) is 4.90 Å². The fourth-order valence-electron chi connectivity index (χ4n) is 2.87. The highest BCUT2D eigenvalue weighted by Gasteiger charge is 2.22. The standard InChI is InChI=1S/C17H27N3O2/c1-2-20(12-13-21)17(22)18-16-8-10-19(11-9-16)14-15-6-4-3-5-7-15/h3-7,16,21H,2,8-14H2,1H3,(H,18,22). The van der Waals surface area contributed by atoms with E-state index < -0.39 is 0 Å². The fraction of sp³-hybridized carbons (Fsp3) is 0.588. The number of rotatable bonds is 6. The molecule has 0 bridgehead atoms. The number of likely N-dealkylation sites (N-methyl/N-ethyl adjacent to an activating group) is 1. The Labute approximate surface area is 132 Å². The highest BCUT2D eigenvalue weighted by Crippen LogP contribution is 2.14. The minimum atomic E-state index is -0.0574. The number of carbonyl (C=O) groups excluding carboxylic acids is 1. The monoisotopic (exact) mass is 305 g/mol. The summed E-state index contributed by atoms with van der Waals surface area (Å²) in [5.74, 6) is 0. The van der Waals surface area contributed by atoms with Gasteiger partial charge in [-0.1, -0.05) is 30.3 Å². The van der Waals surface area contributed by atoms with Gasteiger partial charge in [0.1, 0.15) is 0 Å². The van der Waals surface area contributed by atoms with E-state index in [1.807, 2.05) is 13.0 Å². The SMILES string of the molecule is CCN(CCO)C(=O)NC1CCN(Cc2ccccc2)CC1. The third-order valence-electron chi connectivity index (χ3n) is 4.20. The first-order valence-electron chi connectivity index (χ1n) is 8.15. The van der Waals surface area contributed by atoms with E-state index in [1.165, 1.54) is 5.56 Å².